The van der Waals surface area contributed by atoms with E-state index in [1.165, 1.54) is 10.8 Å². The van der Waals surface area contributed by atoms with Crippen molar-refractivity contribution < 1.29 is 19.8 Å². The second-order valence-electron chi connectivity index (χ2n) is 7.46. The van der Waals surface area contributed by atoms with Crippen LogP contribution in [0.4, 0.5) is 0 Å². The number of pyridine rings is 2. The maximum absolute atomic E-state index is 13.7. The molecule has 3 N–H and O–H groups in total. The van der Waals surface area contributed by atoms with Crippen LogP contribution in [0.5, 0.6) is 5.75 Å². The third-order valence-electron chi connectivity index (χ3n) is 5.36. The molecule has 0 radical (unpaired) electrons. The van der Waals surface area contributed by atoms with Crippen molar-refractivity contribution in [2.24, 2.45) is 0 Å². The van der Waals surface area contributed by atoms with Gasteiger partial charge < -0.3 is 15.5 Å². The van der Waals surface area contributed by atoms with Crippen molar-refractivity contribution in [1.29, 1.82) is 0 Å². The van der Waals surface area contributed by atoms with Crippen molar-refractivity contribution in [3.63, 3.8) is 0 Å². The number of hydrogen-bond acceptors (Lipinski definition) is 5. The normalized spacial score (nSPS) is 10.8. The maximum Gasteiger partial charge on any atom is 0.305 e. The van der Waals surface area contributed by atoms with Crippen LogP contribution in [0, 0.1) is 6.92 Å². The summed E-state index contributed by atoms with van der Waals surface area (Å²) in [5.41, 5.74) is 1.99. The number of nitrogens with one attached hydrogen (secondary N) is 1. The van der Waals surface area contributed by atoms with E-state index < -0.39 is 11.9 Å². The zero-order chi connectivity index (χ0) is 23.5. The number of carboxylic acids is 1. The Morgan fingerprint density at radius 1 is 1.03 bits per heavy atom. The Kier molecular flexibility index (Phi) is 5.91. The van der Waals surface area contributed by atoms with E-state index in [9.17, 15) is 19.5 Å². The lowest BCUT2D eigenvalue weighted by Crippen LogP contribution is -2.27. The quantitative estimate of drug-likeness (QED) is 0.421. The Morgan fingerprint density at radius 2 is 1.67 bits per heavy atom. The zero-order valence-electron chi connectivity index (χ0n) is 17.8. The predicted octanol–water partition coefficient (Wildman–Crippen LogP) is 3.27. The summed E-state index contributed by atoms with van der Waals surface area (Å²) in [5, 5.41) is 22.6. The van der Waals surface area contributed by atoms with Crippen molar-refractivity contribution in [3.8, 4) is 22.6 Å². The minimum Gasteiger partial charge on any atom is -0.505 e. The number of benzene rings is 2. The lowest BCUT2D eigenvalue weighted by Gasteiger charge is -2.18. The molecule has 2 aromatic heterocycles. The lowest BCUT2D eigenvalue weighted by atomic mass is 9.97. The number of aromatic hydroxyl groups is 1. The van der Waals surface area contributed by atoms with E-state index in [0.29, 0.717) is 33.3 Å². The van der Waals surface area contributed by atoms with E-state index >= 15 is 0 Å². The number of aliphatic carboxylic acids is 1. The van der Waals surface area contributed by atoms with Gasteiger partial charge in [0.2, 0.25) is 0 Å². The number of para-hydroxylation sites is 1. The summed E-state index contributed by atoms with van der Waals surface area (Å²) < 4.78 is 1.46. The van der Waals surface area contributed by atoms with Gasteiger partial charge in [0.25, 0.3) is 11.5 Å². The monoisotopic (exact) mass is 443 g/mol. The molecule has 0 saturated heterocycles. The van der Waals surface area contributed by atoms with Crippen molar-refractivity contribution in [2.45, 2.75) is 13.3 Å². The van der Waals surface area contributed by atoms with Crippen LogP contribution in [-0.2, 0) is 4.79 Å². The highest BCUT2D eigenvalue weighted by Crippen LogP contribution is 2.34. The van der Waals surface area contributed by atoms with E-state index in [1.807, 2.05) is 36.4 Å². The Hall–Kier alpha value is -4.46. The van der Waals surface area contributed by atoms with Gasteiger partial charge in [0.05, 0.1) is 23.7 Å². The molecule has 0 unspecified atom stereocenters. The number of rotatable bonds is 6. The molecule has 0 spiro atoms. The van der Waals surface area contributed by atoms with Crippen molar-refractivity contribution in [2.75, 3.05) is 6.54 Å². The van der Waals surface area contributed by atoms with Crippen LogP contribution in [0.3, 0.4) is 0 Å². The average Bonchev–Trinajstić information content (AvgIpc) is 2.80. The summed E-state index contributed by atoms with van der Waals surface area (Å²) in [6.07, 6.45) is 1.11. The van der Waals surface area contributed by atoms with Gasteiger partial charge in [-0.25, -0.2) is 4.98 Å². The van der Waals surface area contributed by atoms with Gasteiger partial charge in [0.1, 0.15) is 0 Å². The van der Waals surface area contributed by atoms with Gasteiger partial charge in [-0.3, -0.25) is 19.0 Å². The first-order chi connectivity index (χ1) is 15.9. The first kappa shape index (κ1) is 21.8. The Labute approximate surface area is 188 Å². The zero-order valence-corrected chi connectivity index (χ0v) is 17.8. The Morgan fingerprint density at radius 3 is 2.30 bits per heavy atom. The summed E-state index contributed by atoms with van der Waals surface area (Å²) in [6, 6.07) is 18.1. The van der Waals surface area contributed by atoms with Gasteiger partial charge in [-0.1, -0.05) is 48.5 Å². The van der Waals surface area contributed by atoms with E-state index in [-0.39, 0.29) is 30.0 Å². The minimum absolute atomic E-state index is 0.106. The number of carbonyl (C=O) groups excluding carboxylic acids is 1. The molecule has 33 heavy (non-hydrogen) atoms. The van der Waals surface area contributed by atoms with Crippen LogP contribution >= 0.6 is 0 Å². The molecule has 0 saturated carbocycles. The Bertz CT molecular complexity index is 1410. The number of fused-ring (bicyclic) bond motifs is 1. The van der Waals surface area contributed by atoms with E-state index in [1.54, 1.807) is 31.2 Å². The third kappa shape index (κ3) is 4.06. The first-order valence-electron chi connectivity index (χ1n) is 10.3. The smallest absolute Gasteiger partial charge is 0.305 e. The molecule has 2 aromatic carbocycles. The van der Waals surface area contributed by atoms with Crippen molar-refractivity contribution in [3.05, 3.63) is 88.5 Å². The number of amides is 1. The Balaban J connectivity index is 2.00. The molecule has 166 valence electrons. The van der Waals surface area contributed by atoms with Crippen LogP contribution in [0.25, 0.3) is 27.7 Å². The van der Waals surface area contributed by atoms with E-state index in [0.717, 1.165) is 0 Å². The fourth-order valence-electron chi connectivity index (χ4n) is 3.85. The fraction of sp³-hybridized carbons (Fsp3) is 0.120. The summed E-state index contributed by atoms with van der Waals surface area (Å²) in [6.45, 7) is 1.61. The molecule has 0 bridgehead atoms. The lowest BCUT2D eigenvalue weighted by molar-refractivity contribution is -0.136. The highest BCUT2D eigenvalue weighted by atomic mass is 16.4. The van der Waals surface area contributed by atoms with Crippen LogP contribution in [0.15, 0.2) is 71.7 Å². The van der Waals surface area contributed by atoms with Gasteiger partial charge in [0, 0.05) is 17.6 Å². The van der Waals surface area contributed by atoms with Gasteiger partial charge >= 0.3 is 5.97 Å². The molecule has 4 rings (SSSR count). The maximum atomic E-state index is 13.7. The molecule has 8 heteroatoms. The van der Waals surface area contributed by atoms with Gasteiger partial charge in [-0.2, -0.15) is 0 Å². The molecule has 8 nitrogen and oxygen atoms in total. The topological polar surface area (TPSA) is 122 Å². The molecular formula is C25H21N3O5. The SMILES string of the molecule is Cc1c(-c2ccccc2)c(=O)n(-c2ccccc2)c2cnc(C(=O)NCCC(=O)O)c(O)c12. The molecule has 4 aromatic rings. The van der Waals surface area contributed by atoms with Crippen molar-refractivity contribution >= 4 is 22.8 Å². The summed E-state index contributed by atoms with van der Waals surface area (Å²) >= 11 is 0. The minimum atomic E-state index is -1.05. The summed E-state index contributed by atoms with van der Waals surface area (Å²) in [5.74, 6) is -2.13. The van der Waals surface area contributed by atoms with E-state index in [4.69, 9.17) is 5.11 Å². The van der Waals surface area contributed by atoms with Crippen molar-refractivity contribution in [1.82, 2.24) is 14.9 Å². The summed E-state index contributed by atoms with van der Waals surface area (Å²) in [7, 11) is 0. The largest absolute Gasteiger partial charge is 0.505 e. The molecule has 0 fully saturated rings. The fourth-order valence-corrected chi connectivity index (χ4v) is 3.85. The second kappa shape index (κ2) is 8.96. The van der Waals surface area contributed by atoms with Gasteiger partial charge in [-0.05, 0) is 30.2 Å². The number of nitrogens with zero attached hydrogens (tertiary/aromatic N) is 2. The predicted molar refractivity (Wildman–Crippen MR) is 124 cm³/mol. The molecule has 0 aliphatic heterocycles. The molecule has 0 aliphatic carbocycles. The van der Waals surface area contributed by atoms with Gasteiger partial charge in [-0.15, -0.1) is 0 Å². The molecular weight excluding hydrogens is 422 g/mol. The number of carbonyl (C=O) groups is 2. The first-order valence-corrected chi connectivity index (χ1v) is 10.3. The standard InChI is InChI=1S/C25H21N3O5/c1-15-20(16-8-4-2-5-9-16)25(33)28(17-10-6-3-7-11-17)18-14-27-22(23(31)21(15)18)24(32)26-13-12-19(29)30/h2-11,14,31H,12-13H2,1H3,(H,26,32)(H,29,30). The highest BCUT2D eigenvalue weighted by molar-refractivity contribution is 6.03. The third-order valence-corrected chi connectivity index (χ3v) is 5.36. The van der Waals surface area contributed by atoms with Crippen LogP contribution in [0.2, 0.25) is 0 Å². The number of aromatic nitrogens is 2. The number of carboxylic acid groups (broad SMARTS) is 1. The van der Waals surface area contributed by atoms with Crippen LogP contribution < -0.4 is 10.9 Å². The molecule has 2 heterocycles. The van der Waals surface area contributed by atoms with Gasteiger partial charge in [0.15, 0.2) is 11.4 Å². The van der Waals surface area contributed by atoms with Crippen LogP contribution in [-0.4, -0.2) is 38.2 Å². The number of hydrogen-bond donors (Lipinski definition) is 3. The molecule has 0 aliphatic rings. The van der Waals surface area contributed by atoms with Crippen LogP contribution in [0.1, 0.15) is 22.5 Å². The highest BCUT2D eigenvalue weighted by Gasteiger charge is 2.23. The second-order valence-corrected chi connectivity index (χ2v) is 7.46. The number of aryl methyl sites for hydroxylation is 1. The van der Waals surface area contributed by atoms with E-state index in [2.05, 4.69) is 10.3 Å². The average molecular weight is 443 g/mol. The molecule has 0 atom stereocenters. The summed E-state index contributed by atoms with van der Waals surface area (Å²) in [4.78, 5) is 41.1. The molecule has 1 amide bonds.